The monoisotopic (exact) mass is 368 g/mol. The molecule has 0 radical (unpaired) electrons. The first-order chi connectivity index (χ1) is 10.6. The van der Waals surface area contributed by atoms with E-state index in [9.17, 15) is 21.6 Å². The van der Waals surface area contributed by atoms with Crippen LogP contribution >= 0.6 is 11.6 Å². The number of nitrogens with zero attached hydrogens (tertiary/aromatic N) is 3. The molecule has 0 spiro atoms. The predicted molar refractivity (Wildman–Crippen MR) is 78.7 cm³/mol. The first-order valence-corrected chi connectivity index (χ1v) is 8.38. The lowest BCUT2D eigenvalue weighted by Gasteiger charge is -2.09. The van der Waals surface area contributed by atoms with E-state index >= 15 is 0 Å². The Balaban J connectivity index is 2.16. The summed E-state index contributed by atoms with van der Waals surface area (Å²) in [5, 5.41) is 3.76. The molecule has 0 bridgehead atoms. The van der Waals surface area contributed by atoms with Gasteiger partial charge in [-0.3, -0.25) is 14.4 Å². The van der Waals surface area contributed by atoms with Crippen molar-refractivity contribution in [2.24, 2.45) is 0 Å². The quantitative estimate of drug-likeness (QED) is 0.880. The third-order valence-corrected chi connectivity index (χ3v) is 4.48. The normalized spacial score (nSPS) is 12.4. The topological polar surface area (TPSA) is 76.9 Å². The highest BCUT2D eigenvalue weighted by Crippen LogP contribution is 2.31. The van der Waals surface area contributed by atoms with E-state index < -0.39 is 21.8 Å². The molecule has 1 N–H and O–H groups in total. The van der Waals surface area contributed by atoms with Gasteiger partial charge in [0.1, 0.15) is 0 Å². The van der Waals surface area contributed by atoms with Crippen molar-refractivity contribution in [3.8, 4) is 0 Å². The molecule has 126 valence electrons. The van der Waals surface area contributed by atoms with Gasteiger partial charge < -0.3 is 0 Å². The van der Waals surface area contributed by atoms with Gasteiger partial charge in [0.2, 0.25) is 10.0 Å². The Hall–Kier alpha value is -1.81. The van der Waals surface area contributed by atoms with Crippen molar-refractivity contribution in [3.63, 3.8) is 0 Å². The van der Waals surface area contributed by atoms with Gasteiger partial charge in [-0.1, -0.05) is 11.6 Å². The van der Waals surface area contributed by atoms with E-state index in [1.807, 2.05) is 0 Å². The number of alkyl halides is 3. The molecule has 0 amide bonds. The van der Waals surface area contributed by atoms with E-state index in [4.69, 9.17) is 11.6 Å². The van der Waals surface area contributed by atoms with Crippen LogP contribution in [0, 0.1) is 0 Å². The summed E-state index contributed by atoms with van der Waals surface area (Å²) in [5.41, 5.74) is -0.509. The molecule has 11 heteroatoms. The van der Waals surface area contributed by atoms with Gasteiger partial charge >= 0.3 is 6.18 Å². The zero-order chi connectivity index (χ0) is 17.3. The summed E-state index contributed by atoms with van der Waals surface area (Å²) in [5.74, 6) is -0.0928. The maximum atomic E-state index is 12.5. The van der Waals surface area contributed by atoms with Gasteiger partial charge in [-0.05, 0) is 13.0 Å². The van der Waals surface area contributed by atoms with E-state index in [0.29, 0.717) is 6.20 Å². The number of rotatable bonds is 5. The molecule has 0 aliphatic heterocycles. The molecule has 23 heavy (non-hydrogen) atoms. The van der Waals surface area contributed by atoms with E-state index in [1.54, 1.807) is 0 Å². The first kappa shape index (κ1) is 17.5. The van der Waals surface area contributed by atoms with Crippen LogP contribution in [0.15, 0.2) is 24.7 Å². The Morgan fingerprint density at radius 2 is 2.04 bits per heavy atom. The van der Waals surface area contributed by atoms with Crippen LogP contribution < -0.4 is 4.72 Å². The van der Waals surface area contributed by atoms with Crippen molar-refractivity contribution in [3.05, 3.63) is 40.9 Å². The molecule has 0 aliphatic rings. The van der Waals surface area contributed by atoms with Gasteiger partial charge in [-0.2, -0.15) is 18.3 Å². The van der Waals surface area contributed by atoms with E-state index in [2.05, 4.69) is 14.8 Å². The Labute approximate surface area is 135 Å². The molecule has 0 saturated heterocycles. The minimum atomic E-state index is -4.52. The van der Waals surface area contributed by atoms with Crippen LogP contribution in [0.4, 0.5) is 18.9 Å². The van der Waals surface area contributed by atoms with Crippen molar-refractivity contribution in [1.82, 2.24) is 14.8 Å². The Bertz CT molecular complexity index is 805. The smallest absolute Gasteiger partial charge is 0.280 e. The van der Waals surface area contributed by atoms with Crippen LogP contribution in [-0.4, -0.2) is 28.9 Å². The zero-order valence-corrected chi connectivity index (χ0v) is 13.4. The second-order valence-corrected chi connectivity index (χ2v) is 7.00. The molecular weight excluding hydrogens is 357 g/mol. The highest BCUT2D eigenvalue weighted by molar-refractivity contribution is 7.92. The summed E-state index contributed by atoms with van der Waals surface area (Å²) in [6.45, 7) is 1.49. The fourth-order valence-electron chi connectivity index (χ4n) is 1.65. The van der Waals surface area contributed by atoms with Crippen LogP contribution in [0.3, 0.4) is 0 Å². The fourth-order valence-corrected chi connectivity index (χ4v) is 2.48. The molecule has 2 aromatic rings. The minimum absolute atomic E-state index is 0.00478. The summed E-state index contributed by atoms with van der Waals surface area (Å²) in [6.07, 6.45) is -1.16. The second kappa shape index (κ2) is 6.36. The van der Waals surface area contributed by atoms with Gasteiger partial charge in [0.05, 0.1) is 40.5 Å². The number of pyridine rings is 1. The van der Waals surface area contributed by atoms with E-state index in [0.717, 1.165) is 6.07 Å². The molecule has 0 aliphatic carbocycles. The second-order valence-electron chi connectivity index (χ2n) is 4.58. The molecule has 2 aromatic heterocycles. The number of sulfonamides is 1. The number of halogens is 4. The third-order valence-electron chi connectivity index (χ3n) is 2.84. The Morgan fingerprint density at radius 3 is 2.61 bits per heavy atom. The summed E-state index contributed by atoms with van der Waals surface area (Å²) >= 11 is 5.81. The average molecular weight is 369 g/mol. The molecule has 0 aromatic carbocycles. The van der Waals surface area contributed by atoms with Gasteiger partial charge in [0.15, 0.2) is 0 Å². The van der Waals surface area contributed by atoms with Gasteiger partial charge in [-0.15, -0.1) is 0 Å². The molecular formula is C12H12ClF3N4O2S. The predicted octanol–water partition coefficient (Wildman–Crippen LogP) is 2.76. The summed E-state index contributed by atoms with van der Waals surface area (Å²) in [7, 11) is -3.43. The van der Waals surface area contributed by atoms with Crippen molar-refractivity contribution in [1.29, 1.82) is 0 Å². The van der Waals surface area contributed by atoms with Crippen molar-refractivity contribution < 1.29 is 21.6 Å². The van der Waals surface area contributed by atoms with Crippen LogP contribution in [-0.2, 0) is 22.7 Å². The van der Waals surface area contributed by atoms with Gasteiger partial charge in [0, 0.05) is 12.4 Å². The van der Waals surface area contributed by atoms with Crippen LogP contribution in [0.5, 0.6) is 0 Å². The summed E-state index contributed by atoms with van der Waals surface area (Å²) < 4.78 is 64.1. The highest BCUT2D eigenvalue weighted by atomic mass is 35.5. The number of hydrogen-bond acceptors (Lipinski definition) is 4. The molecule has 2 heterocycles. The SMILES string of the molecule is CCS(=O)(=O)Nc1cnn(Cc2ncc(C(F)(F)F)cc2Cl)c1. The highest BCUT2D eigenvalue weighted by Gasteiger charge is 2.31. The molecule has 0 saturated carbocycles. The number of aromatic nitrogens is 3. The standard InChI is InChI=1S/C12H12ClF3N4O2S/c1-2-23(21,22)19-9-5-18-20(6-9)7-11-10(13)3-8(4-17-11)12(14,15)16/h3-6,19H,2,7H2,1H3. The molecule has 0 fully saturated rings. The zero-order valence-electron chi connectivity index (χ0n) is 11.8. The third kappa shape index (κ3) is 4.58. The first-order valence-electron chi connectivity index (χ1n) is 6.35. The fraction of sp³-hybridized carbons (Fsp3) is 0.333. The Kier molecular flexibility index (Phi) is 4.85. The molecule has 6 nitrogen and oxygen atoms in total. The van der Waals surface area contributed by atoms with Crippen molar-refractivity contribution in [2.45, 2.75) is 19.6 Å². The van der Waals surface area contributed by atoms with Crippen molar-refractivity contribution >= 4 is 27.3 Å². The lowest BCUT2D eigenvalue weighted by Crippen LogP contribution is -2.14. The molecule has 2 rings (SSSR count). The summed E-state index contributed by atoms with van der Waals surface area (Å²) in [6, 6.07) is 0.786. The number of hydrogen-bond donors (Lipinski definition) is 1. The van der Waals surface area contributed by atoms with E-state index in [-0.39, 0.29) is 28.7 Å². The molecule has 0 atom stereocenters. The number of anilines is 1. The van der Waals surface area contributed by atoms with E-state index in [1.165, 1.54) is 24.0 Å². The van der Waals surface area contributed by atoms with Gasteiger partial charge in [0.25, 0.3) is 0 Å². The maximum Gasteiger partial charge on any atom is 0.417 e. The number of nitrogens with one attached hydrogen (secondary N) is 1. The molecule has 0 unspecified atom stereocenters. The largest absolute Gasteiger partial charge is 0.417 e. The summed E-state index contributed by atoms with van der Waals surface area (Å²) in [4.78, 5) is 3.69. The average Bonchev–Trinajstić information content (AvgIpc) is 2.86. The van der Waals surface area contributed by atoms with Crippen molar-refractivity contribution in [2.75, 3.05) is 10.5 Å². The lowest BCUT2D eigenvalue weighted by molar-refractivity contribution is -0.137. The van der Waals surface area contributed by atoms with Gasteiger partial charge in [-0.25, -0.2) is 8.42 Å². The van der Waals surface area contributed by atoms with Crippen LogP contribution in [0.2, 0.25) is 5.02 Å². The maximum absolute atomic E-state index is 12.5. The van der Waals surface area contributed by atoms with Crippen LogP contribution in [0.1, 0.15) is 18.2 Å². The minimum Gasteiger partial charge on any atom is -0.280 e. The lowest BCUT2D eigenvalue weighted by atomic mass is 10.2. The Morgan fingerprint density at radius 1 is 1.35 bits per heavy atom. The van der Waals surface area contributed by atoms with Crippen LogP contribution in [0.25, 0.3) is 0 Å².